The summed E-state index contributed by atoms with van der Waals surface area (Å²) in [5, 5.41) is 6.48. The monoisotopic (exact) mass is 365 g/mol. The topological polar surface area (TPSA) is 46.9 Å². The molecule has 0 saturated carbocycles. The fraction of sp³-hybridized carbons (Fsp3) is 0.474. The first kappa shape index (κ1) is 18.5. The van der Waals surface area contributed by atoms with Crippen LogP contribution in [0.15, 0.2) is 24.3 Å². The van der Waals surface area contributed by atoms with Crippen molar-refractivity contribution in [1.29, 1.82) is 0 Å². The number of rotatable bonds is 4. The van der Waals surface area contributed by atoms with E-state index in [9.17, 15) is 18.0 Å². The van der Waals surface area contributed by atoms with Crippen LogP contribution in [0.2, 0.25) is 0 Å². The molecule has 0 unspecified atom stereocenters. The lowest BCUT2D eigenvalue weighted by Crippen LogP contribution is -2.21. The van der Waals surface area contributed by atoms with Crippen LogP contribution in [-0.2, 0) is 36.8 Å². The third-order valence-corrected chi connectivity index (χ3v) is 4.71. The zero-order chi connectivity index (χ0) is 18.7. The van der Waals surface area contributed by atoms with Gasteiger partial charge in [0.15, 0.2) is 5.69 Å². The van der Waals surface area contributed by atoms with Crippen LogP contribution in [0.25, 0.3) is 0 Å². The molecule has 1 heterocycles. The number of hydrogen-bond acceptors (Lipinski definition) is 2. The second-order valence-corrected chi connectivity index (χ2v) is 6.59. The molecule has 140 valence electrons. The van der Waals surface area contributed by atoms with Crippen molar-refractivity contribution < 1.29 is 18.0 Å². The minimum atomic E-state index is -4.49. The van der Waals surface area contributed by atoms with Gasteiger partial charge in [0.05, 0.1) is 0 Å². The highest BCUT2D eigenvalue weighted by atomic mass is 19.4. The van der Waals surface area contributed by atoms with E-state index < -0.39 is 11.9 Å². The Morgan fingerprint density at radius 3 is 2.50 bits per heavy atom. The van der Waals surface area contributed by atoms with Crippen molar-refractivity contribution in [3.63, 3.8) is 0 Å². The van der Waals surface area contributed by atoms with Gasteiger partial charge in [-0.05, 0) is 49.8 Å². The van der Waals surface area contributed by atoms with Gasteiger partial charge in [-0.2, -0.15) is 18.3 Å². The second-order valence-electron chi connectivity index (χ2n) is 6.59. The molecule has 7 heteroatoms. The summed E-state index contributed by atoms with van der Waals surface area (Å²) in [6.07, 6.45) is -0.281. The van der Waals surface area contributed by atoms with Gasteiger partial charge < -0.3 is 5.32 Å². The lowest BCUT2D eigenvalue weighted by atomic mass is 10.1. The third kappa shape index (κ3) is 4.08. The Labute approximate surface area is 150 Å². The number of benzene rings is 1. The Bertz CT molecular complexity index is 779. The molecule has 1 amide bonds. The highest BCUT2D eigenvalue weighted by molar-refractivity contribution is 5.90. The quantitative estimate of drug-likeness (QED) is 0.818. The van der Waals surface area contributed by atoms with E-state index in [0.717, 1.165) is 31.2 Å². The molecule has 0 bridgehead atoms. The normalized spacial score (nSPS) is 14.6. The van der Waals surface area contributed by atoms with Gasteiger partial charge >= 0.3 is 6.18 Å². The molecule has 0 aliphatic heterocycles. The van der Waals surface area contributed by atoms with E-state index in [0.29, 0.717) is 24.2 Å². The molecule has 4 nitrogen and oxygen atoms in total. The summed E-state index contributed by atoms with van der Waals surface area (Å²) < 4.78 is 41.1. The summed E-state index contributed by atoms with van der Waals surface area (Å²) in [4.78, 5) is 12.3. The maximum atomic E-state index is 13.3. The molecule has 1 aromatic carbocycles. The number of halogens is 3. The van der Waals surface area contributed by atoms with Crippen LogP contribution < -0.4 is 5.32 Å². The lowest BCUT2D eigenvalue weighted by Gasteiger charge is -2.09. The summed E-state index contributed by atoms with van der Waals surface area (Å²) in [6.45, 7) is 1.82. The average Bonchev–Trinajstić information content (AvgIpc) is 2.78. The molecule has 2 aromatic rings. The van der Waals surface area contributed by atoms with Gasteiger partial charge in [0.1, 0.15) is 6.54 Å². The van der Waals surface area contributed by atoms with Crippen LogP contribution in [-0.4, -0.2) is 15.7 Å². The van der Waals surface area contributed by atoms with Crippen molar-refractivity contribution in [2.24, 2.45) is 0 Å². The Morgan fingerprint density at radius 1 is 1.15 bits per heavy atom. The molecule has 0 fully saturated rings. The minimum absolute atomic E-state index is 0.214. The minimum Gasteiger partial charge on any atom is -0.324 e. The predicted octanol–water partition coefficient (Wildman–Crippen LogP) is 4.37. The molecule has 0 saturated heterocycles. The highest BCUT2D eigenvalue weighted by Crippen LogP contribution is 2.35. The van der Waals surface area contributed by atoms with E-state index in [1.165, 1.54) is 4.68 Å². The average molecular weight is 365 g/mol. The Morgan fingerprint density at radius 2 is 1.85 bits per heavy atom. The number of alkyl halides is 3. The molecular weight excluding hydrogens is 343 g/mol. The van der Waals surface area contributed by atoms with Gasteiger partial charge in [0, 0.05) is 16.9 Å². The molecule has 1 aliphatic rings. The number of carbonyl (C=O) groups is 1. The van der Waals surface area contributed by atoms with Crippen molar-refractivity contribution in [2.45, 2.75) is 58.2 Å². The summed E-state index contributed by atoms with van der Waals surface area (Å²) >= 11 is 0. The van der Waals surface area contributed by atoms with Gasteiger partial charge in [0.25, 0.3) is 0 Å². The number of nitrogens with one attached hydrogen (secondary N) is 1. The number of fused-ring (bicyclic) bond motifs is 1. The molecule has 0 radical (unpaired) electrons. The number of nitrogens with zero attached hydrogens (tertiary/aromatic N) is 2. The summed E-state index contributed by atoms with van der Waals surface area (Å²) in [7, 11) is 0. The van der Waals surface area contributed by atoms with E-state index in [2.05, 4.69) is 10.4 Å². The maximum absolute atomic E-state index is 13.3. The zero-order valence-electron chi connectivity index (χ0n) is 14.7. The van der Waals surface area contributed by atoms with Crippen molar-refractivity contribution in [3.05, 3.63) is 46.8 Å². The first-order valence-electron chi connectivity index (χ1n) is 8.93. The number of amides is 1. The number of carbonyl (C=O) groups excluding carboxylic acids is 1. The molecule has 1 N–H and O–H groups in total. The van der Waals surface area contributed by atoms with E-state index in [1.807, 2.05) is 19.1 Å². The standard InChI is InChI=1S/C19H22F3N3O/c1-2-13-8-10-14(11-9-13)23-17(26)12-25-16-7-5-3-4-6-15(16)18(24-25)19(20,21)22/h8-11H,2-7,12H2,1H3,(H,23,26). The zero-order valence-corrected chi connectivity index (χ0v) is 14.7. The molecule has 26 heavy (non-hydrogen) atoms. The predicted molar refractivity (Wildman–Crippen MR) is 92.9 cm³/mol. The number of aromatic nitrogens is 2. The van der Waals surface area contributed by atoms with E-state index in [-0.39, 0.29) is 18.0 Å². The van der Waals surface area contributed by atoms with E-state index in [4.69, 9.17) is 0 Å². The van der Waals surface area contributed by atoms with Crippen LogP contribution in [0, 0.1) is 0 Å². The summed E-state index contributed by atoms with van der Waals surface area (Å²) in [6, 6.07) is 7.41. The molecule has 0 spiro atoms. The van der Waals surface area contributed by atoms with Gasteiger partial charge in [-0.15, -0.1) is 0 Å². The van der Waals surface area contributed by atoms with E-state index in [1.54, 1.807) is 12.1 Å². The molecule has 1 aliphatic carbocycles. The highest BCUT2D eigenvalue weighted by Gasteiger charge is 2.39. The Hall–Kier alpha value is -2.31. The van der Waals surface area contributed by atoms with Crippen LogP contribution >= 0.6 is 0 Å². The van der Waals surface area contributed by atoms with Gasteiger partial charge in [-0.3, -0.25) is 9.48 Å². The SMILES string of the molecule is CCc1ccc(NC(=O)Cn2nc(C(F)(F)F)c3c2CCCCC3)cc1. The van der Waals surface area contributed by atoms with E-state index >= 15 is 0 Å². The van der Waals surface area contributed by atoms with Crippen LogP contribution in [0.5, 0.6) is 0 Å². The Balaban J connectivity index is 1.80. The van der Waals surface area contributed by atoms with Crippen LogP contribution in [0.3, 0.4) is 0 Å². The summed E-state index contributed by atoms with van der Waals surface area (Å²) in [5.41, 5.74) is 1.74. The third-order valence-electron chi connectivity index (χ3n) is 4.71. The largest absolute Gasteiger partial charge is 0.435 e. The molecule has 1 aromatic heterocycles. The fourth-order valence-electron chi connectivity index (χ4n) is 3.37. The van der Waals surface area contributed by atoms with Crippen LogP contribution in [0.1, 0.15) is 48.7 Å². The molecule has 0 atom stereocenters. The second kappa shape index (κ2) is 7.51. The number of hydrogen-bond donors (Lipinski definition) is 1. The first-order chi connectivity index (χ1) is 12.4. The van der Waals surface area contributed by atoms with Gasteiger partial charge in [-0.25, -0.2) is 0 Å². The number of anilines is 1. The molecular formula is C19H22F3N3O. The first-order valence-corrected chi connectivity index (χ1v) is 8.93. The van der Waals surface area contributed by atoms with Crippen LogP contribution in [0.4, 0.5) is 18.9 Å². The molecule has 3 rings (SSSR count). The summed E-state index contributed by atoms with van der Waals surface area (Å²) in [5.74, 6) is -0.377. The van der Waals surface area contributed by atoms with Crippen molar-refractivity contribution >= 4 is 11.6 Å². The van der Waals surface area contributed by atoms with Gasteiger partial charge in [-0.1, -0.05) is 25.5 Å². The van der Waals surface area contributed by atoms with Crippen molar-refractivity contribution in [1.82, 2.24) is 9.78 Å². The lowest BCUT2D eigenvalue weighted by molar-refractivity contribution is -0.142. The van der Waals surface area contributed by atoms with Crippen molar-refractivity contribution in [2.75, 3.05) is 5.32 Å². The maximum Gasteiger partial charge on any atom is 0.435 e. The fourth-order valence-corrected chi connectivity index (χ4v) is 3.37. The number of aryl methyl sites for hydroxylation is 1. The van der Waals surface area contributed by atoms with Crippen molar-refractivity contribution in [3.8, 4) is 0 Å². The van der Waals surface area contributed by atoms with Gasteiger partial charge in [0.2, 0.25) is 5.91 Å². The Kier molecular flexibility index (Phi) is 5.34. The smallest absolute Gasteiger partial charge is 0.324 e.